The number of nitrogens with one attached hydrogen (secondary N) is 1. The predicted molar refractivity (Wildman–Crippen MR) is 78.2 cm³/mol. The number of thioether (sulfide) groups is 1. The first-order valence-corrected chi connectivity index (χ1v) is 7.21. The van der Waals surface area contributed by atoms with Crippen LogP contribution in [-0.2, 0) is 0 Å². The Morgan fingerprint density at radius 3 is 2.75 bits per heavy atom. The summed E-state index contributed by atoms with van der Waals surface area (Å²) < 4.78 is 0. The lowest BCUT2D eigenvalue weighted by atomic mass is 10.1. The Kier molecular flexibility index (Phi) is 10.7. The molecule has 0 amide bonds. The van der Waals surface area contributed by atoms with Gasteiger partial charge in [-0.3, -0.25) is 0 Å². The minimum absolute atomic E-state index is 0.638. The van der Waals surface area contributed by atoms with E-state index in [1.165, 1.54) is 17.7 Å². The summed E-state index contributed by atoms with van der Waals surface area (Å²) in [5, 5.41) is 4.06. The van der Waals surface area contributed by atoms with Crippen LogP contribution in [-0.4, -0.2) is 24.1 Å². The van der Waals surface area contributed by atoms with Crippen molar-refractivity contribution in [2.75, 3.05) is 18.8 Å². The number of hydrogen-bond acceptors (Lipinski definition) is 2. The summed E-state index contributed by atoms with van der Waals surface area (Å²) in [5.41, 5.74) is 1.40. The molecule has 1 heterocycles. The molecule has 1 N–H and O–H groups in total. The molecule has 1 unspecified atom stereocenters. The molecule has 0 aromatic heterocycles. The lowest BCUT2D eigenvalue weighted by Crippen LogP contribution is -2.16. The highest BCUT2D eigenvalue weighted by molar-refractivity contribution is 8.00. The largest absolute Gasteiger partial charge is 0.316 e. The molecule has 1 nitrogen and oxygen atoms in total. The Hall–Kier alpha value is -0.470. The standard InChI is InChI=1S/C12H19NS.C2H6/c1-3-5-11(6-4-2)12-7-8-13-9-10-14-12;1-2/h3-6,12-13H,1,7-10H2,2H3;1-2H3/b6-4-,11-5+;. The number of allylic oxidation sites excluding steroid dienone is 4. The van der Waals surface area contributed by atoms with E-state index in [-0.39, 0.29) is 0 Å². The minimum Gasteiger partial charge on any atom is -0.316 e. The van der Waals surface area contributed by atoms with Gasteiger partial charge in [-0.2, -0.15) is 11.8 Å². The summed E-state index contributed by atoms with van der Waals surface area (Å²) in [6.07, 6.45) is 9.53. The minimum atomic E-state index is 0.638. The fourth-order valence-corrected chi connectivity index (χ4v) is 2.76. The highest BCUT2D eigenvalue weighted by atomic mass is 32.2. The third kappa shape index (κ3) is 6.19. The molecule has 1 aliphatic heterocycles. The van der Waals surface area contributed by atoms with E-state index < -0.39 is 0 Å². The van der Waals surface area contributed by atoms with Crippen LogP contribution in [0.4, 0.5) is 0 Å². The van der Waals surface area contributed by atoms with Crippen molar-refractivity contribution in [3.63, 3.8) is 0 Å². The molecule has 0 aliphatic carbocycles. The lowest BCUT2D eigenvalue weighted by Gasteiger charge is -2.14. The van der Waals surface area contributed by atoms with Gasteiger partial charge in [0.15, 0.2) is 0 Å². The Morgan fingerprint density at radius 2 is 2.12 bits per heavy atom. The summed E-state index contributed by atoms with van der Waals surface area (Å²) in [5.74, 6) is 1.21. The van der Waals surface area contributed by atoms with Crippen molar-refractivity contribution in [2.45, 2.75) is 32.4 Å². The van der Waals surface area contributed by atoms with E-state index in [4.69, 9.17) is 0 Å². The van der Waals surface area contributed by atoms with Gasteiger partial charge in [-0.15, -0.1) is 0 Å². The zero-order chi connectivity index (χ0) is 12.2. The van der Waals surface area contributed by atoms with Crippen LogP contribution in [0.2, 0.25) is 0 Å². The maximum absolute atomic E-state index is 3.77. The van der Waals surface area contributed by atoms with E-state index in [0.717, 1.165) is 13.1 Å². The van der Waals surface area contributed by atoms with Crippen molar-refractivity contribution in [2.24, 2.45) is 0 Å². The van der Waals surface area contributed by atoms with Crippen molar-refractivity contribution >= 4 is 11.8 Å². The molecule has 0 aromatic rings. The summed E-state index contributed by atoms with van der Waals surface area (Å²) >= 11 is 2.04. The zero-order valence-electron chi connectivity index (χ0n) is 10.8. The Morgan fingerprint density at radius 1 is 1.38 bits per heavy atom. The van der Waals surface area contributed by atoms with Gasteiger partial charge in [0.1, 0.15) is 0 Å². The van der Waals surface area contributed by atoms with Crippen LogP contribution in [0.25, 0.3) is 0 Å². The van der Waals surface area contributed by atoms with Gasteiger partial charge in [0.05, 0.1) is 0 Å². The zero-order valence-corrected chi connectivity index (χ0v) is 11.6. The SMILES string of the molecule is C=C/C=C(\C=C/C)C1CCNCCS1.CC. The quantitative estimate of drug-likeness (QED) is 0.752. The molecule has 0 spiro atoms. The van der Waals surface area contributed by atoms with Gasteiger partial charge < -0.3 is 5.32 Å². The van der Waals surface area contributed by atoms with Gasteiger partial charge in [-0.05, 0) is 25.5 Å². The van der Waals surface area contributed by atoms with E-state index in [0.29, 0.717) is 5.25 Å². The van der Waals surface area contributed by atoms with Crippen molar-refractivity contribution in [1.82, 2.24) is 5.32 Å². The van der Waals surface area contributed by atoms with Crippen LogP contribution in [0.1, 0.15) is 27.2 Å². The smallest absolute Gasteiger partial charge is 0.0309 e. The maximum Gasteiger partial charge on any atom is 0.0309 e. The monoisotopic (exact) mass is 239 g/mol. The molecule has 92 valence electrons. The molecule has 16 heavy (non-hydrogen) atoms. The molecule has 1 fully saturated rings. The number of hydrogen-bond donors (Lipinski definition) is 1. The second-order valence-electron chi connectivity index (χ2n) is 3.30. The second-order valence-corrected chi connectivity index (χ2v) is 4.61. The molecule has 1 rings (SSSR count). The fourth-order valence-electron chi connectivity index (χ4n) is 1.58. The fraction of sp³-hybridized carbons (Fsp3) is 0.571. The Labute approximate surface area is 105 Å². The highest BCUT2D eigenvalue weighted by Gasteiger charge is 2.14. The maximum atomic E-state index is 3.77. The first-order chi connectivity index (χ1) is 7.88. The summed E-state index contributed by atoms with van der Waals surface area (Å²) in [6.45, 7) is 12.1. The topological polar surface area (TPSA) is 12.0 Å². The average Bonchev–Trinajstić information content (AvgIpc) is 2.60. The molecule has 1 aliphatic rings. The van der Waals surface area contributed by atoms with E-state index in [9.17, 15) is 0 Å². The molecule has 0 aromatic carbocycles. The molecular formula is C14H25NS. The van der Waals surface area contributed by atoms with Crippen LogP contribution in [0, 0.1) is 0 Å². The van der Waals surface area contributed by atoms with Crippen LogP contribution in [0.15, 0.2) is 36.5 Å². The Balaban J connectivity index is 0.00000106. The highest BCUT2D eigenvalue weighted by Crippen LogP contribution is 2.24. The van der Waals surface area contributed by atoms with Gasteiger partial charge in [-0.25, -0.2) is 0 Å². The van der Waals surface area contributed by atoms with Gasteiger partial charge in [0.25, 0.3) is 0 Å². The van der Waals surface area contributed by atoms with Crippen molar-refractivity contribution in [1.29, 1.82) is 0 Å². The molecular weight excluding hydrogens is 214 g/mol. The van der Waals surface area contributed by atoms with Crippen molar-refractivity contribution in [3.8, 4) is 0 Å². The van der Waals surface area contributed by atoms with Crippen LogP contribution in [0.3, 0.4) is 0 Å². The average molecular weight is 239 g/mol. The van der Waals surface area contributed by atoms with E-state index in [2.05, 4.69) is 37.0 Å². The van der Waals surface area contributed by atoms with Crippen molar-refractivity contribution in [3.05, 3.63) is 36.5 Å². The lowest BCUT2D eigenvalue weighted by molar-refractivity contribution is 0.700. The molecule has 1 saturated heterocycles. The first kappa shape index (κ1) is 15.5. The molecule has 0 bridgehead atoms. The van der Waals surface area contributed by atoms with E-state index in [1.54, 1.807) is 0 Å². The molecule has 0 radical (unpaired) electrons. The Bertz CT molecular complexity index is 223. The van der Waals surface area contributed by atoms with E-state index >= 15 is 0 Å². The van der Waals surface area contributed by atoms with Gasteiger partial charge in [0.2, 0.25) is 0 Å². The van der Waals surface area contributed by atoms with Crippen molar-refractivity contribution < 1.29 is 0 Å². The number of rotatable bonds is 3. The van der Waals surface area contributed by atoms with Crippen LogP contribution < -0.4 is 5.32 Å². The van der Waals surface area contributed by atoms with Gasteiger partial charge in [-0.1, -0.05) is 44.7 Å². The summed E-state index contributed by atoms with van der Waals surface area (Å²) in [4.78, 5) is 0. The van der Waals surface area contributed by atoms with E-state index in [1.807, 2.05) is 31.7 Å². The van der Waals surface area contributed by atoms with Gasteiger partial charge >= 0.3 is 0 Å². The second kappa shape index (κ2) is 11.0. The molecule has 1 atom stereocenters. The normalized spacial score (nSPS) is 22.2. The predicted octanol–water partition coefficient (Wildman–Crippen LogP) is 3.80. The molecule has 2 heteroatoms. The van der Waals surface area contributed by atoms with Gasteiger partial charge in [0, 0.05) is 17.5 Å². The molecule has 0 saturated carbocycles. The third-order valence-corrected chi connectivity index (χ3v) is 3.57. The van der Waals surface area contributed by atoms with Crippen LogP contribution >= 0.6 is 11.8 Å². The first-order valence-electron chi connectivity index (χ1n) is 6.16. The summed E-state index contributed by atoms with van der Waals surface area (Å²) in [6, 6.07) is 0. The third-order valence-electron chi connectivity index (χ3n) is 2.22. The van der Waals surface area contributed by atoms with Crippen LogP contribution in [0.5, 0.6) is 0 Å². The summed E-state index contributed by atoms with van der Waals surface area (Å²) in [7, 11) is 0.